The number of aryl methyl sites for hydroxylation is 2. The molecule has 0 spiro atoms. The summed E-state index contributed by atoms with van der Waals surface area (Å²) >= 11 is 0. The largest absolute Gasteiger partial charge is 0.512 e. The third-order valence-corrected chi connectivity index (χ3v) is 7.09. The van der Waals surface area contributed by atoms with E-state index < -0.39 is 8.07 Å². The van der Waals surface area contributed by atoms with E-state index in [1.807, 2.05) is 0 Å². The maximum atomic E-state index is 10.4. The summed E-state index contributed by atoms with van der Waals surface area (Å²) < 4.78 is 0. The molecule has 0 saturated carbocycles. The third-order valence-electron chi connectivity index (χ3n) is 5.05. The van der Waals surface area contributed by atoms with Crippen molar-refractivity contribution in [2.45, 2.75) is 54.3 Å². The number of benzene rings is 2. The first-order valence-corrected chi connectivity index (χ1v) is 13.7. The van der Waals surface area contributed by atoms with Crippen LogP contribution in [0.1, 0.15) is 31.9 Å². The van der Waals surface area contributed by atoms with Crippen molar-refractivity contribution in [1.29, 1.82) is 0 Å². The summed E-state index contributed by atoms with van der Waals surface area (Å²) in [6, 6.07) is 18.7. The molecule has 1 aromatic heterocycles. The molecule has 0 aliphatic rings. The number of aromatic nitrogens is 1. The Morgan fingerprint density at radius 1 is 0.968 bits per heavy atom. The van der Waals surface area contributed by atoms with Crippen LogP contribution in [0.2, 0.25) is 19.6 Å². The molecule has 0 fully saturated rings. The summed E-state index contributed by atoms with van der Waals surface area (Å²) in [5.41, 5.74) is 5.99. The number of fused-ring (bicyclic) bond motifs is 1. The zero-order valence-corrected chi connectivity index (χ0v) is 23.1. The summed E-state index contributed by atoms with van der Waals surface area (Å²) in [7, 11) is -1.28. The third kappa shape index (κ3) is 7.53. The number of ketones is 1. The Balaban J connectivity index is 0.000000461. The molecule has 0 aliphatic carbocycles. The van der Waals surface area contributed by atoms with E-state index in [2.05, 4.69) is 82.0 Å². The molecule has 167 valence electrons. The van der Waals surface area contributed by atoms with E-state index in [9.17, 15) is 4.79 Å². The number of rotatable bonds is 3. The average Bonchev–Trinajstić information content (AvgIpc) is 2.65. The molecular weight excluding hydrogens is 579 g/mol. The number of allylic oxidation sites excluding steroid dienone is 2. The van der Waals surface area contributed by atoms with Crippen molar-refractivity contribution in [3.63, 3.8) is 0 Å². The number of carbonyl (C=O) groups excluding carboxylic acids is 1. The minimum absolute atomic E-state index is 0. The maximum absolute atomic E-state index is 10.4. The Labute approximate surface area is 201 Å². The smallest absolute Gasteiger partial charge is 0.158 e. The van der Waals surface area contributed by atoms with Gasteiger partial charge in [-0.05, 0) is 37.9 Å². The quantitative estimate of drug-likeness (QED) is 0.164. The van der Waals surface area contributed by atoms with E-state index in [0.717, 1.165) is 22.3 Å². The number of aliphatic hydroxyl groups is 1. The van der Waals surface area contributed by atoms with Crippen LogP contribution in [0.15, 0.2) is 53.8 Å². The molecule has 3 aromatic rings. The van der Waals surface area contributed by atoms with Crippen molar-refractivity contribution in [1.82, 2.24) is 4.98 Å². The van der Waals surface area contributed by atoms with E-state index in [1.54, 1.807) is 6.92 Å². The Morgan fingerprint density at radius 3 is 2.10 bits per heavy atom. The Morgan fingerprint density at radius 2 is 1.61 bits per heavy atom. The van der Waals surface area contributed by atoms with Gasteiger partial charge in [0.15, 0.2) is 5.78 Å². The predicted molar refractivity (Wildman–Crippen MR) is 130 cm³/mol. The summed E-state index contributed by atoms with van der Waals surface area (Å²) in [5.74, 6) is 0.0301. The SMILES string of the molecule is CC(=O)/C(C)=C(/C)O.Cc1[c-]c(-c2ccc3cc([Si](C)(C)C)ccc3n2)cc(C)c1.[Ir]. The normalized spacial score (nSPS) is 11.7. The minimum atomic E-state index is -1.28. The van der Waals surface area contributed by atoms with Crippen LogP contribution >= 0.6 is 0 Å². The molecule has 1 N–H and O–H groups in total. The van der Waals surface area contributed by atoms with Gasteiger partial charge in [0.25, 0.3) is 0 Å². The van der Waals surface area contributed by atoms with Gasteiger partial charge in [0, 0.05) is 25.7 Å². The summed E-state index contributed by atoms with van der Waals surface area (Å²) in [6.07, 6.45) is 0. The number of Topliss-reactive ketones (excluding diaryl/α,β-unsaturated/α-hetero) is 1. The zero-order chi connectivity index (χ0) is 22.6. The molecule has 3 rings (SSSR count). The molecule has 1 heterocycles. The first-order chi connectivity index (χ1) is 13.9. The zero-order valence-electron chi connectivity index (χ0n) is 19.7. The minimum Gasteiger partial charge on any atom is -0.512 e. The van der Waals surface area contributed by atoms with E-state index >= 15 is 0 Å². The van der Waals surface area contributed by atoms with Gasteiger partial charge in [0.2, 0.25) is 0 Å². The topological polar surface area (TPSA) is 50.2 Å². The Bertz CT molecular complexity index is 1090. The van der Waals surface area contributed by atoms with Gasteiger partial charge in [-0.1, -0.05) is 62.9 Å². The van der Waals surface area contributed by atoms with Crippen LogP contribution in [0.25, 0.3) is 22.2 Å². The number of pyridine rings is 1. The second-order valence-corrected chi connectivity index (χ2v) is 14.0. The van der Waals surface area contributed by atoms with Crippen LogP contribution in [-0.2, 0) is 24.9 Å². The van der Waals surface area contributed by atoms with Crippen LogP contribution < -0.4 is 5.19 Å². The molecular formula is C26H32IrNO2Si-. The van der Waals surface area contributed by atoms with Crippen LogP contribution in [0.3, 0.4) is 0 Å². The number of nitrogens with zero attached hydrogens (tertiary/aromatic N) is 1. The van der Waals surface area contributed by atoms with Gasteiger partial charge in [-0.15, -0.1) is 34.9 Å². The summed E-state index contributed by atoms with van der Waals surface area (Å²) in [5, 5.41) is 11.4. The van der Waals surface area contributed by atoms with Gasteiger partial charge in [-0.3, -0.25) is 9.78 Å². The van der Waals surface area contributed by atoms with Crippen LogP contribution in [0.5, 0.6) is 0 Å². The van der Waals surface area contributed by atoms with Gasteiger partial charge in [0.05, 0.1) is 19.3 Å². The summed E-state index contributed by atoms with van der Waals surface area (Å²) in [6.45, 7) is 15.8. The summed E-state index contributed by atoms with van der Waals surface area (Å²) in [4.78, 5) is 15.2. The van der Waals surface area contributed by atoms with Gasteiger partial charge >= 0.3 is 0 Å². The van der Waals surface area contributed by atoms with Gasteiger partial charge in [-0.2, -0.15) is 0 Å². The van der Waals surface area contributed by atoms with Gasteiger partial charge < -0.3 is 5.11 Å². The molecule has 31 heavy (non-hydrogen) atoms. The van der Waals surface area contributed by atoms with Gasteiger partial charge in [-0.25, -0.2) is 0 Å². The molecule has 1 radical (unpaired) electrons. The van der Waals surface area contributed by atoms with Crippen molar-refractivity contribution in [3.8, 4) is 11.3 Å². The Kier molecular flexibility index (Phi) is 9.56. The van der Waals surface area contributed by atoms with E-state index in [0.29, 0.717) is 5.57 Å². The number of carbonyl (C=O) groups is 1. The molecule has 0 amide bonds. The molecule has 5 heteroatoms. The second-order valence-electron chi connectivity index (χ2n) is 8.87. The molecule has 0 aliphatic heterocycles. The number of aliphatic hydroxyl groups excluding tert-OH is 1. The van der Waals surface area contributed by atoms with Gasteiger partial charge in [0.1, 0.15) is 0 Å². The van der Waals surface area contributed by atoms with Crippen molar-refractivity contribution >= 4 is 29.9 Å². The monoisotopic (exact) mass is 611 g/mol. The van der Waals surface area contributed by atoms with E-state index in [1.165, 1.54) is 30.0 Å². The fourth-order valence-corrected chi connectivity index (χ4v) is 4.20. The molecule has 0 bridgehead atoms. The predicted octanol–water partition coefficient (Wildman–Crippen LogP) is 6.29. The van der Waals surface area contributed by atoms with Crippen molar-refractivity contribution in [2.24, 2.45) is 0 Å². The first-order valence-electron chi connectivity index (χ1n) is 10.2. The molecule has 3 nitrogen and oxygen atoms in total. The fourth-order valence-electron chi connectivity index (χ4n) is 3.03. The second kappa shape index (κ2) is 11.0. The van der Waals surface area contributed by atoms with Crippen molar-refractivity contribution in [3.05, 3.63) is 71.0 Å². The van der Waals surface area contributed by atoms with E-state index in [-0.39, 0.29) is 31.6 Å². The van der Waals surface area contributed by atoms with E-state index in [4.69, 9.17) is 10.1 Å². The molecule has 0 saturated heterocycles. The standard InChI is InChI=1S/C20H22NSi.C6H10O2.Ir/c1-14-10-15(2)12-17(11-14)20-8-6-16-13-18(22(3,4)5)7-9-19(16)21-20;1-4(5(2)7)6(3)8;/h6-11,13H,1-5H3;7H,1-3H3;/q-1;;/b;5-4-;. The fraction of sp³-hybridized carbons (Fsp3) is 0.308. The maximum Gasteiger partial charge on any atom is 0.158 e. The molecule has 0 unspecified atom stereocenters. The number of hydrogen-bond donors (Lipinski definition) is 1. The first kappa shape index (κ1) is 27.0. The van der Waals surface area contributed by atoms with Crippen LogP contribution in [-0.4, -0.2) is 23.9 Å². The van der Waals surface area contributed by atoms with Crippen molar-refractivity contribution < 1.29 is 30.0 Å². The molecule has 2 aromatic carbocycles. The Hall–Kier alpha value is -2.07. The van der Waals surface area contributed by atoms with Crippen molar-refractivity contribution in [2.75, 3.05) is 0 Å². The average molecular weight is 611 g/mol. The van der Waals surface area contributed by atoms with Crippen LogP contribution in [0.4, 0.5) is 0 Å². The van der Waals surface area contributed by atoms with Crippen LogP contribution in [0, 0.1) is 19.9 Å². The molecule has 0 atom stereocenters. The number of hydrogen-bond acceptors (Lipinski definition) is 3.